The van der Waals surface area contributed by atoms with E-state index in [1.54, 1.807) is 0 Å². The van der Waals surface area contributed by atoms with Crippen LogP contribution in [-0.2, 0) is 14.4 Å². The molecule has 0 radical (unpaired) electrons. The zero-order valence-corrected chi connectivity index (χ0v) is 10.2. The topological polar surface area (TPSA) is 95.5 Å². The Bertz CT molecular complexity index is 374. The van der Waals surface area contributed by atoms with Gasteiger partial charge in [0.05, 0.1) is 0 Å². The molecule has 1 unspecified atom stereocenters. The Morgan fingerprint density at radius 3 is 2.44 bits per heavy atom. The molecule has 6 heteroatoms. The lowest BCUT2D eigenvalue weighted by atomic mass is 9.73. The molecule has 2 aliphatic rings. The molecule has 2 fully saturated rings. The molecule has 0 aromatic rings. The monoisotopic (exact) mass is 254 g/mol. The van der Waals surface area contributed by atoms with Gasteiger partial charge in [-0.05, 0) is 19.3 Å². The molecule has 1 saturated heterocycles. The van der Waals surface area contributed by atoms with E-state index in [2.05, 4.69) is 10.6 Å². The van der Waals surface area contributed by atoms with Crippen molar-refractivity contribution in [2.75, 3.05) is 6.54 Å². The van der Waals surface area contributed by atoms with E-state index in [1.165, 1.54) is 0 Å². The number of carbonyl (C=O) groups excluding carboxylic acids is 2. The maximum Gasteiger partial charge on any atom is 0.319 e. The van der Waals surface area contributed by atoms with Crippen LogP contribution in [-0.4, -0.2) is 35.5 Å². The number of carbonyl (C=O) groups is 3. The molecule has 2 amide bonds. The van der Waals surface area contributed by atoms with E-state index in [4.69, 9.17) is 0 Å². The van der Waals surface area contributed by atoms with Gasteiger partial charge in [0.15, 0.2) is 0 Å². The van der Waals surface area contributed by atoms with E-state index in [-0.39, 0.29) is 5.91 Å². The predicted molar refractivity (Wildman–Crippen MR) is 62.7 cm³/mol. The molecule has 2 rings (SSSR count). The van der Waals surface area contributed by atoms with Crippen LogP contribution in [0.1, 0.15) is 38.5 Å². The van der Waals surface area contributed by atoms with Crippen molar-refractivity contribution in [3.8, 4) is 0 Å². The van der Waals surface area contributed by atoms with Crippen LogP contribution in [0.5, 0.6) is 0 Å². The van der Waals surface area contributed by atoms with Crippen LogP contribution in [0.3, 0.4) is 0 Å². The number of carboxylic acids is 1. The highest BCUT2D eigenvalue weighted by Crippen LogP contribution is 2.37. The summed E-state index contributed by atoms with van der Waals surface area (Å²) in [6.45, 7) is 0.532. The van der Waals surface area contributed by atoms with Gasteiger partial charge in [-0.1, -0.05) is 19.3 Å². The Morgan fingerprint density at radius 2 is 1.94 bits per heavy atom. The van der Waals surface area contributed by atoms with Gasteiger partial charge in [0.1, 0.15) is 11.5 Å². The SMILES string of the molecule is O=C1NCCC1NC(=O)C1(C(=O)O)CCCCC1. The molecule has 0 spiro atoms. The predicted octanol–water partition coefficient (Wildman–Crippen LogP) is 0.0262. The second kappa shape index (κ2) is 4.96. The third kappa shape index (κ3) is 2.19. The normalized spacial score (nSPS) is 26.4. The highest BCUT2D eigenvalue weighted by Gasteiger charge is 2.47. The van der Waals surface area contributed by atoms with Gasteiger partial charge in [-0.3, -0.25) is 14.4 Å². The summed E-state index contributed by atoms with van der Waals surface area (Å²) in [5.41, 5.74) is -1.33. The van der Waals surface area contributed by atoms with Gasteiger partial charge < -0.3 is 15.7 Å². The van der Waals surface area contributed by atoms with Crippen LogP contribution in [0.25, 0.3) is 0 Å². The second-order valence-electron chi connectivity index (χ2n) is 5.05. The van der Waals surface area contributed by atoms with Crippen LogP contribution in [0, 0.1) is 5.41 Å². The molecule has 0 aromatic carbocycles. The van der Waals surface area contributed by atoms with Crippen molar-refractivity contribution in [2.24, 2.45) is 5.41 Å². The first-order valence-electron chi connectivity index (χ1n) is 6.38. The Balaban J connectivity index is 2.08. The molecule has 6 nitrogen and oxygen atoms in total. The fourth-order valence-corrected chi connectivity index (χ4v) is 2.72. The average Bonchev–Trinajstić information content (AvgIpc) is 2.75. The van der Waals surface area contributed by atoms with Gasteiger partial charge in [-0.2, -0.15) is 0 Å². The number of hydrogen-bond acceptors (Lipinski definition) is 3. The van der Waals surface area contributed by atoms with E-state index >= 15 is 0 Å². The van der Waals surface area contributed by atoms with Crippen LogP contribution >= 0.6 is 0 Å². The van der Waals surface area contributed by atoms with Crippen molar-refractivity contribution in [1.29, 1.82) is 0 Å². The zero-order valence-electron chi connectivity index (χ0n) is 10.2. The van der Waals surface area contributed by atoms with Gasteiger partial charge in [0.2, 0.25) is 11.8 Å². The molecule has 1 heterocycles. The molecule has 1 aliphatic carbocycles. The minimum absolute atomic E-state index is 0.223. The maximum absolute atomic E-state index is 12.2. The lowest BCUT2D eigenvalue weighted by Gasteiger charge is -2.32. The van der Waals surface area contributed by atoms with Crippen molar-refractivity contribution in [3.63, 3.8) is 0 Å². The summed E-state index contributed by atoms with van der Waals surface area (Å²) in [5.74, 6) is -1.80. The Morgan fingerprint density at radius 1 is 1.28 bits per heavy atom. The smallest absolute Gasteiger partial charge is 0.319 e. The molecule has 1 atom stereocenters. The van der Waals surface area contributed by atoms with Crippen molar-refractivity contribution in [2.45, 2.75) is 44.6 Å². The first kappa shape index (κ1) is 12.9. The Hall–Kier alpha value is -1.59. The van der Waals surface area contributed by atoms with E-state index in [0.717, 1.165) is 19.3 Å². The molecular weight excluding hydrogens is 236 g/mol. The molecule has 100 valence electrons. The summed E-state index contributed by atoms with van der Waals surface area (Å²) in [4.78, 5) is 35.0. The Labute approximate surface area is 105 Å². The third-order valence-electron chi connectivity index (χ3n) is 3.91. The van der Waals surface area contributed by atoms with Crippen molar-refractivity contribution < 1.29 is 19.5 Å². The van der Waals surface area contributed by atoms with Crippen molar-refractivity contribution in [1.82, 2.24) is 10.6 Å². The van der Waals surface area contributed by atoms with Gasteiger partial charge in [0.25, 0.3) is 0 Å². The largest absolute Gasteiger partial charge is 0.480 e. The molecule has 1 saturated carbocycles. The highest BCUT2D eigenvalue weighted by molar-refractivity contribution is 6.03. The summed E-state index contributed by atoms with van der Waals surface area (Å²) >= 11 is 0. The maximum atomic E-state index is 12.2. The summed E-state index contributed by atoms with van der Waals surface area (Å²) in [7, 11) is 0. The lowest BCUT2D eigenvalue weighted by Crippen LogP contribution is -2.52. The number of hydrogen-bond donors (Lipinski definition) is 3. The van der Waals surface area contributed by atoms with E-state index in [1.807, 2.05) is 0 Å². The van der Waals surface area contributed by atoms with Gasteiger partial charge in [-0.25, -0.2) is 0 Å². The molecule has 0 bridgehead atoms. The van der Waals surface area contributed by atoms with E-state index in [0.29, 0.717) is 25.8 Å². The fourth-order valence-electron chi connectivity index (χ4n) is 2.72. The summed E-state index contributed by atoms with van der Waals surface area (Å²) in [6.07, 6.45) is 3.71. The molecular formula is C12H18N2O4. The first-order valence-corrected chi connectivity index (χ1v) is 6.38. The van der Waals surface area contributed by atoms with Gasteiger partial charge in [-0.15, -0.1) is 0 Å². The van der Waals surface area contributed by atoms with Crippen LogP contribution in [0.15, 0.2) is 0 Å². The minimum Gasteiger partial charge on any atom is -0.480 e. The zero-order chi connectivity index (χ0) is 13.2. The van der Waals surface area contributed by atoms with E-state index in [9.17, 15) is 19.5 Å². The summed E-state index contributed by atoms with van der Waals surface area (Å²) in [5, 5.41) is 14.5. The van der Waals surface area contributed by atoms with Crippen molar-refractivity contribution >= 4 is 17.8 Å². The van der Waals surface area contributed by atoms with Crippen LogP contribution in [0.2, 0.25) is 0 Å². The first-order chi connectivity index (χ1) is 8.56. The molecule has 1 aliphatic heterocycles. The number of amides is 2. The highest BCUT2D eigenvalue weighted by atomic mass is 16.4. The third-order valence-corrected chi connectivity index (χ3v) is 3.91. The Kier molecular flexibility index (Phi) is 3.54. The standard InChI is InChI=1S/C12H18N2O4/c15-9-8(4-7-13-9)14-10(16)12(11(17)18)5-2-1-3-6-12/h8H,1-7H2,(H,13,15)(H,14,16)(H,17,18). The number of nitrogens with one attached hydrogen (secondary N) is 2. The average molecular weight is 254 g/mol. The second-order valence-corrected chi connectivity index (χ2v) is 5.05. The van der Waals surface area contributed by atoms with Gasteiger partial charge >= 0.3 is 5.97 Å². The molecule has 3 N–H and O–H groups in total. The number of rotatable bonds is 3. The summed E-state index contributed by atoms with van der Waals surface area (Å²) < 4.78 is 0. The molecule has 0 aromatic heterocycles. The number of carboxylic acid groups (broad SMARTS) is 1. The lowest BCUT2D eigenvalue weighted by molar-refractivity contribution is -0.159. The fraction of sp³-hybridized carbons (Fsp3) is 0.750. The summed E-state index contributed by atoms with van der Waals surface area (Å²) in [6, 6.07) is -0.573. The van der Waals surface area contributed by atoms with Gasteiger partial charge in [0, 0.05) is 6.54 Å². The van der Waals surface area contributed by atoms with Crippen LogP contribution < -0.4 is 10.6 Å². The van der Waals surface area contributed by atoms with E-state index < -0.39 is 23.3 Å². The van der Waals surface area contributed by atoms with Crippen molar-refractivity contribution in [3.05, 3.63) is 0 Å². The molecule has 18 heavy (non-hydrogen) atoms. The quantitative estimate of drug-likeness (QED) is 0.619. The van der Waals surface area contributed by atoms with Crippen LogP contribution in [0.4, 0.5) is 0 Å². The number of aliphatic carboxylic acids is 1. The minimum atomic E-state index is -1.33.